The molecule has 0 unspecified atom stereocenters. The van der Waals surface area contributed by atoms with Gasteiger partial charge >= 0.3 is 0 Å². The lowest BCUT2D eigenvalue weighted by molar-refractivity contribution is 1.40. The molecule has 13 rings (SSSR count). The first kappa shape index (κ1) is 36.1. The van der Waals surface area contributed by atoms with Crippen LogP contribution < -0.4 is 0 Å². The molecule has 8 bridgehead atoms. The highest BCUT2D eigenvalue weighted by Gasteiger charge is 2.24. The molecular formula is C60H38N4. The first-order valence-corrected chi connectivity index (χ1v) is 21.8. The van der Waals surface area contributed by atoms with Crippen LogP contribution in [0.2, 0.25) is 0 Å². The lowest BCUT2D eigenvalue weighted by Gasteiger charge is -2.09. The second kappa shape index (κ2) is 14.5. The van der Waals surface area contributed by atoms with Crippen molar-refractivity contribution >= 4 is 43.6 Å². The summed E-state index contributed by atoms with van der Waals surface area (Å²) < 4.78 is 0. The third-order valence-corrected chi connectivity index (χ3v) is 12.9. The maximum atomic E-state index is 5.59. The lowest BCUT2D eigenvalue weighted by Crippen LogP contribution is -1.84. The van der Waals surface area contributed by atoms with Crippen LogP contribution in [-0.4, -0.2) is 19.9 Å². The topological polar surface area (TPSA) is 57.4 Å². The summed E-state index contributed by atoms with van der Waals surface area (Å²) in [6.45, 7) is 0. The molecule has 64 heavy (non-hydrogen) atoms. The predicted molar refractivity (Wildman–Crippen MR) is 267 cm³/mol. The highest BCUT2D eigenvalue weighted by molar-refractivity contribution is 6.17. The quantitative estimate of drug-likeness (QED) is 0.186. The van der Waals surface area contributed by atoms with Crippen LogP contribution in [-0.2, 0) is 0 Å². The Morgan fingerprint density at radius 3 is 0.953 bits per heavy atom. The van der Waals surface area contributed by atoms with Crippen molar-refractivity contribution in [3.63, 3.8) is 0 Å². The SMILES string of the molecule is c1ccc(-c2cccc3c2-c2cc4[nH]c(cc5nc(cc6[nH]c(cc-3n2)c2c(-c3ccccc3)cccc62)-c2c(-c3ccccc3)cccc2-5)c2c(-c3ccccc3)cccc42)cc1. The minimum absolute atomic E-state index is 0.904. The molecule has 0 aliphatic carbocycles. The molecule has 0 amide bonds. The fourth-order valence-electron chi connectivity index (χ4n) is 10.1. The molecule has 8 aromatic carbocycles. The summed E-state index contributed by atoms with van der Waals surface area (Å²) in [6, 6.07) is 78.2. The van der Waals surface area contributed by atoms with Crippen molar-refractivity contribution in [2.45, 2.75) is 0 Å². The van der Waals surface area contributed by atoms with Crippen LogP contribution in [0.25, 0.3) is 133 Å². The third-order valence-electron chi connectivity index (χ3n) is 12.9. The van der Waals surface area contributed by atoms with Crippen LogP contribution in [0.4, 0.5) is 0 Å². The molecule has 0 saturated carbocycles. The second-order valence-corrected chi connectivity index (χ2v) is 16.6. The minimum atomic E-state index is 0.904. The van der Waals surface area contributed by atoms with Gasteiger partial charge in [0.1, 0.15) is 0 Å². The van der Waals surface area contributed by atoms with Crippen LogP contribution in [0.3, 0.4) is 0 Å². The molecule has 2 aliphatic heterocycles. The van der Waals surface area contributed by atoms with Crippen molar-refractivity contribution < 1.29 is 0 Å². The molecular weight excluding hydrogens is 777 g/mol. The van der Waals surface area contributed by atoms with Gasteiger partial charge in [0.25, 0.3) is 0 Å². The molecule has 0 saturated heterocycles. The largest absolute Gasteiger partial charge is 0.354 e. The maximum absolute atomic E-state index is 5.59. The summed E-state index contributed by atoms with van der Waals surface area (Å²) in [5.41, 5.74) is 21.2. The van der Waals surface area contributed by atoms with E-state index < -0.39 is 0 Å². The molecule has 0 radical (unpaired) electrons. The Balaban J connectivity index is 1.23. The van der Waals surface area contributed by atoms with E-state index in [0.717, 1.165) is 133 Å². The van der Waals surface area contributed by atoms with E-state index in [1.54, 1.807) is 0 Å². The molecule has 0 fully saturated rings. The highest BCUT2D eigenvalue weighted by atomic mass is 14.8. The Morgan fingerprint density at radius 2 is 0.562 bits per heavy atom. The van der Waals surface area contributed by atoms with Crippen LogP contribution in [0, 0.1) is 0 Å². The number of hydrogen-bond donors (Lipinski definition) is 2. The first-order valence-electron chi connectivity index (χ1n) is 21.8. The van der Waals surface area contributed by atoms with E-state index in [4.69, 9.17) is 9.97 Å². The Hall–Kier alpha value is -8.60. The molecule has 2 aliphatic rings. The van der Waals surface area contributed by atoms with E-state index in [9.17, 15) is 0 Å². The van der Waals surface area contributed by atoms with E-state index in [2.05, 4.69) is 228 Å². The fraction of sp³-hybridized carbons (Fsp3) is 0. The van der Waals surface area contributed by atoms with Crippen molar-refractivity contribution in [1.29, 1.82) is 0 Å². The zero-order valence-corrected chi connectivity index (χ0v) is 34.7. The van der Waals surface area contributed by atoms with Crippen molar-refractivity contribution in [2.75, 3.05) is 0 Å². The number of aromatic amines is 2. The molecule has 0 spiro atoms. The average Bonchev–Trinajstić information content (AvgIpc) is 4.11. The third kappa shape index (κ3) is 5.77. The predicted octanol–water partition coefficient (Wildman–Crippen LogP) is 16.0. The van der Waals surface area contributed by atoms with Crippen molar-refractivity contribution in [3.05, 3.63) is 218 Å². The average molecular weight is 815 g/mol. The molecule has 3 aromatic heterocycles. The van der Waals surface area contributed by atoms with E-state index in [0.29, 0.717) is 0 Å². The molecule has 0 atom stereocenters. The molecule has 2 N–H and O–H groups in total. The smallest absolute Gasteiger partial charge is 0.0743 e. The van der Waals surface area contributed by atoms with Crippen LogP contribution >= 0.6 is 0 Å². The van der Waals surface area contributed by atoms with Gasteiger partial charge in [-0.05, 0) is 68.8 Å². The summed E-state index contributed by atoms with van der Waals surface area (Å²) in [7, 11) is 0. The van der Waals surface area contributed by atoms with Crippen LogP contribution in [0.5, 0.6) is 0 Å². The molecule has 4 heteroatoms. The summed E-state index contributed by atoms with van der Waals surface area (Å²) in [4.78, 5) is 19.1. The number of rotatable bonds is 4. The monoisotopic (exact) mass is 814 g/mol. The zero-order chi connectivity index (χ0) is 42.1. The lowest BCUT2D eigenvalue weighted by atomic mass is 9.93. The summed E-state index contributed by atoms with van der Waals surface area (Å²) in [5, 5.41) is 4.53. The van der Waals surface area contributed by atoms with Gasteiger partial charge in [0.15, 0.2) is 0 Å². The van der Waals surface area contributed by atoms with Gasteiger partial charge in [-0.25, -0.2) is 9.97 Å². The number of nitrogens with zero attached hydrogens (tertiary/aromatic N) is 2. The summed E-state index contributed by atoms with van der Waals surface area (Å²) in [5.74, 6) is 0. The van der Waals surface area contributed by atoms with Gasteiger partial charge in [-0.3, -0.25) is 0 Å². The molecule has 5 heterocycles. The molecule has 4 nitrogen and oxygen atoms in total. The minimum Gasteiger partial charge on any atom is -0.354 e. The Morgan fingerprint density at radius 1 is 0.250 bits per heavy atom. The van der Waals surface area contributed by atoms with Gasteiger partial charge in [-0.1, -0.05) is 194 Å². The van der Waals surface area contributed by atoms with Crippen molar-refractivity contribution in [3.8, 4) is 89.5 Å². The first-order chi connectivity index (χ1) is 31.7. The van der Waals surface area contributed by atoms with Gasteiger partial charge < -0.3 is 9.97 Å². The van der Waals surface area contributed by atoms with E-state index in [1.165, 1.54) is 0 Å². The van der Waals surface area contributed by atoms with Gasteiger partial charge in [0.2, 0.25) is 0 Å². The number of fused-ring (bicyclic) bond motifs is 20. The number of aromatic nitrogens is 4. The normalized spacial score (nSPS) is 11.8. The van der Waals surface area contributed by atoms with Gasteiger partial charge in [0.05, 0.1) is 22.8 Å². The number of hydrogen-bond acceptors (Lipinski definition) is 2. The Kier molecular flexibility index (Phi) is 8.18. The Labute approximate surface area is 369 Å². The fourth-order valence-corrected chi connectivity index (χ4v) is 10.1. The van der Waals surface area contributed by atoms with Gasteiger partial charge in [0, 0.05) is 65.9 Å². The summed E-state index contributed by atoms with van der Waals surface area (Å²) >= 11 is 0. The van der Waals surface area contributed by atoms with E-state index in [1.807, 2.05) is 0 Å². The zero-order valence-electron chi connectivity index (χ0n) is 34.7. The highest BCUT2D eigenvalue weighted by Crippen LogP contribution is 2.47. The van der Waals surface area contributed by atoms with Gasteiger partial charge in [-0.2, -0.15) is 0 Å². The number of H-pyrrole nitrogens is 2. The second-order valence-electron chi connectivity index (χ2n) is 16.6. The van der Waals surface area contributed by atoms with Crippen LogP contribution in [0.15, 0.2) is 218 Å². The number of nitrogens with one attached hydrogen (secondary N) is 2. The van der Waals surface area contributed by atoms with Crippen molar-refractivity contribution in [2.24, 2.45) is 0 Å². The molecule has 11 aromatic rings. The van der Waals surface area contributed by atoms with E-state index >= 15 is 0 Å². The van der Waals surface area contributed by atoms with Gasteiger partial charge in [-0.15, -0.1) is 0 Å². The van der Waals surface area contributed by atoms with E-state index in [-0.39, 0.29) is 0 Å². The van der Waals surface area contributed by atoms with Crippen LogP contribution in [0.1, 0.15) is 0 Å². The van der Waals surface area contributed by atoms with Crippen molar-refractivity contribution in [1.82, 2.24) is 19.9 Å². The summed E-state index contributed by atoms with van der Waals surface area (Å²) in [6.07, 6.45) is 0. The standard InChI is InChI=1S/C60H38N4/c1-5-17-37(18-6-1)41-25-13-29-45-49-34-54-59-43(39-21-9-3-10-22-39)27-15-31-47(59)51(63-54)36-56-60-44(40-23-11-4-12-24-40)28-16-32-48(60)52(64-56)35-55-58-42(38-19-7-2-8-20-38)26-14-30-46(58)50(62-55)33-53(61-49)57(41)45/h1-36,61,64H. The Bertz CT molecular complexity index is 3560. The maximum Gasteiger partial charge on any atom is 0.0743 e. The molecule has 298 valence electrons. The number of benzene rings is 8.